The standard InChI is InChI=1S/C22H30N4O4/c1-13-8-14(2)21-18(16(4)15(3)11-22(21,5)10-13)12-23-24-19-7-6-17(25(27)28)9-20(19)26(29)30/h6-7,9,11-14,16,18,21,24H,8,10H2,1-5H3/b23-12-/t13-,14+,16-,18-,21+,22+/m1/s1. The third kappa shape index (κ3) is 4.08. The fourth-order valence-corrected chi connectivity index (χ4v) is 5.94. The van der Waals surface area contributed by atoms with Crippen molar-refractivity contribution < 1.29 is 9.85 Å². The van der Waals surface area contributed by atoms with Crippen LogP contribution in [0, 0.1) is 55.2 Å². The maximum absolute atomic E-state index is 11.3. The zero-order valence-corrected chi connectivity index (χ0v) is 18.2. The van der Waals surface area contributed by atoms with E-state index in [4.69, 9.17) is 0 Å². The molecule has 1 fully saturated rings. The normalized spacial score (nSPS) is 33.6. The highest BCUT2D eigenvalue weighted by Gasteiger charge is 2.49. The minimum Gasteiger partial charge on any atom is -0.272 e. The lowest BCUT2D eigenvalue weighted by Crippen LogP contribution is -2.47. The summed E-state index contributed by atoms with van der Waals surface area (Å²) in [5, 5.41) is 26.6. The van der Waals surface area contributed by atoms with E-state index in [1.165, 1.54) is 24.1 Å². The molecular weight excluding hydrogens is 384 g/mol. The monoisotopic (exact) mass is 414 g/mol. The van der Waals surface area contributed by atoms with E-state index in [0.717, 1.165) is 12.5 Å². The number of nitrogens with one attached hydrogen (secondary N) is 1. The van der Waals surface area contributed by atoms with Gasteiger partial charge >= 0.3 is 5.69 Å². The zero-order chi connectivity index (χ0) is 22.2. The largest absolute Gasteiger partial charge is 0.301 e. The minimum absolute atomic E-state index is 0.115. The second-order valence-corrected chi connectivity index (χ2v) is 9.41. The van der Waals surface area contributed by atoms with E-state index in [1.54, 1.807) is 0 Å². The first-order valence-corrected chi connectivity index (χ1v) is 10.4. The molecule has 0 bridgehead atoms. The van der Waals surface area contributed by atoms with Crippen molar-refractivity contribution in [2.75, 3.05) is 5.43 Å². The molecule has 0 unspecified atom stereocenters. The molecule has 1 N–H and O–H groups in total. The predicted molar refractivity (Wildman–Crippen MR) is 117 cm³/mol. The molecule has 0 saturated heterocycles. The Kier molecular flexibility index (Phi) is 5.97. The second kappa shape index (κ2) is 8.16. The molecule has 0 aliphatic heterocycles. The number of nitrogens with zero attached hydrogens (tertiary/aromatic N) is 3. The Balaban J connectivity index is 1.87. The lowest BCUT2D eigenvalue weighted by Gasteiger charge is -2.53. The molecule has 0 spiro atoms. The highest BCUT2D eigenvalue weighted by molar-refractivity contribution is 5.69. The van der Waals surface area contributed by atoms with Gasteiger partial charge in [-0.3, -0.25) is 25.7 Å². The van der Waals surface area contributed by atoms with Crippen molar-refractivity contribution in [3.05, 3.63) is 50.1 Å². The van der Waals surface area contributed by atoms with Gasteiger partial charge in [0.1, 0.15) is 5.69 Å². The van der Waals surface area contributed by atoms with E-state index in [0.29, 0.717) is 23.7 Å². The Morgan fingerprint density at radius 2 is 1.90 bits per heavy atom. The number of hydrazone groups is 1. The molecule has 162 valence electrons. The summed E-state index contributed by atoms with van der Waals surface area (Å²) < 4.78 is 0. The third-order valence-corrected chi connectivity index (χ3v) is 7.03. The number of allylic oxidation sites excluding steroid dienone is 2. The van der Waals surface area contributed by atoms with Crippen LogP contribution in [0.25, 0.3) is 0 Å². The van der Waals surface area contributed by atoms with E-state index in [2.05, 4.69) is 51.2 Å². The molecule has 0 radical (unpaired) electrons. The molecule has 1 aromatic carbocycles. The highest BCUT2D eigenvalue weighted by atomic mass is 16.6. The number of benzene rings is 1. The molecule has 3 rings (SSSR count). The van der Waals surface area contributed by atoms with Crippen molar-refractivity contribution >= 4 is 23.3 Å². The van der Waals surface area contributed by atoms with Crippen molar-refractivity contribution in [1.82, 2.24) is 0 Å². The molecule has 2 aliphatic rings. The van der Waals surface area contributed by atoms with Gasteiger partial charge in [-0.25, -0.2) is 0 Å². The van der Waals surface area contributed by atoms with Crippen molar-refractivity contribution in [2.45, 2.75) is 47.5 Å². The van der Waals surface area contributed by atoms with Crippen molar-refractivity contribution in [3.8, 4) is 0 Å². The van der Waals surface area contributed by atoms with E-state index >= 15 is 0 Å². The summed E-state index contributed by atoms with van der Waals surface area (Å²) >= 11 is 0. The number of rotatable bonds is 5. The van der Waals surface area contributed by atoms with Gasteiger partial charge in [0, 0.05) is 18.2 Å². The van der Waals surface area contributed by atoms with Gasteiger partial charge in [0.15, 0.2) is 0 Å². The minimum atomic E-state index is -0.648. The molecule has 1 aromatic rings. The lowest BCUT2D eigenvalue weighted by molar-refractivity contribution is -0.393. The van der Waals surface area contributed by atoms with Crippen LogP contribution < -0.4 is 5.43 Å². The Morgan fingerprint density at radius 1 is 1.20 bits per heavy atom. The molecule has 6 atom stereocenters. The van der Waals surface area contributed by atoms with Crippen molar-refractivity contribution in [3.63, 3.8) is 0 Å². The Bertz CT molecular complexity index is 912. The fourth-order valence-electron chi connectivity index (χ4n) is 5.94. The fraction of sp³-hybridized carbons (Fsp3) is 0.591. The number of anilines is 1. The summed E-state index contributed by atoms with van der Waals surface area (Å²) in [4.78, 5) is 21.0. The van der Waals surface area contributed by atoms with Crippen LogP contribution in [0.4, 0.5) is 17.1 Å². The van der Waals surface area contributed by atoms with Gasteiger partial charge in [-0.1, -0.05) is 39.3 Å². The maximum Gasteiger partial charge on any atom is 0.301 e. The van der Waals surface area contributed by atoms with E-state index in [-0.39, 0.29) is 28.4 Å². The molecule has 8 nitrogen and oxygen atoms in total. The molecule has 2 aliphatic carbocycles. The highest BCUT2D eigenvalue weighted by Crippen LogP contribution is 2.56. The van der Waals surface area contributed by atoms with Gasteiger partial charge < -0.3 is 0 Å². The van der Waals surface area contributed by atoms with Crippen LogP contribution in [0.5, 0.6) is 0 Å². The number of non-ortho nitro benzene ring substituents is 1. The second-order valence-electron chi connectivity index (χ2n) is 9.41. The van der Waals surface area contributed by atoms with Gasteiger partial charge in [-0.05, 0) is 54.9 Å². The van der Waals surface area contributed by atoms with Gasteiger partial charge in [-0.2, -0.15) is 5.10 Å². The SMILES string of the molecule is CC1=C[C@]2(C)C[C@H](C)C[C@H](C)[C@H]2[C@H](/C=N\Nc2ccc([N+](=O)[O-])cc2[N+](=O)[O-])[C@@H]1C. The van der Waals surface area contributed by atoms with Crippen molar-refractivity contribution in [2.24, 2.45) is 40.1 Å². The van der Waals surface area contributed by atoms with Crippen LogP contribution in [-0.4, -0.2) is 16.1 Å². The molecule has 8 heteroatoms. The summed E-state index contributed by atoms with van der Waals surface area (Å²) in [5.74, 6) is 2.22. The Hall–Kier alpha value is -2.77. The summed E-state index contributed by atoms with van der Waals surface area (Å²) in [7, 11) is 0. The quantitative estimate of drug-likeness (QED) is 0.283. The maximum atomic E-state index is 11.3. The van der Waals surface area contributed by atoms with E-state index in [1.807, 2.05) is 6.21 Å². The third-order valence-electron chi connectivity index (χ3n) is 7.03. The predicted octanol–water partition coefficient (Wildman–Crippen LogP) is 5.80. The van der Waals surface area contributed by atoms with Crippen molar-refractivity contribution in [1.29, 1.82) is 0 Å². The average molecular weight is 415 g/mol. The van der Waals surface area contributed by atoms with E-state index < -0.39 is 9.85 Å². The van der Waals surface area contributed by atoms with Crippen LogP contribution in [-0.2, 0) is 0 Å². The van der Waals surface area contributed by atoms with Crippen LogP contribution in [0.1, 0.15) is 47.5 Å². The van der Waals surface area contributed by atoms with E-state index in [9.17, 15) is 20.2 Å². The van der Waals surface area contributed by atoms with Gasteiger partial charge in [0.2, 0.25) is 0 Å². The number of nitro benzene ring substituents is 2. The smallest absolute Gasteiger partial charge is 0.272 e. The first kappa shape index (κ1) is 21.9. The first-order valence-electron chi connectivity index (χ1n) is 10.4. The zero-order valence-electron chi connectivity index (χ0n) is 18.2. The Morgan fingerprint density at radius 3 is 2.53 bits per heavy atom. The topological polar surface area (TPSA) is 111 Å². The Labute approximate surface area is 176 Å². The number of hydrogen-bond acceptors (Lipinski definition) is 6. The van der Waals surface area contributed by atoms with Crippen LogP contribution >= 0.6 is 0 Å². The summed E-state index contributed by atoms with van der Waals surface area (Å²) in [6.07, 6.45) is 6.68. The molecule has 1 saturated carbocycles. The summed E-state index contributed by atoms with van der Waals surface area (Å²) in [6.45, 7) is 11.4. The number of nitro groups is 2. The molecule has 0 heterocycles. The van der Waals surface area contributed by atoms with Gasteiger partial charge in [0.05, 0.1) is 15.9 Å². The molecule has 0 amide bonds. The molecule has 30 heavy (non-hydrogen) atoms. The molecule has 0 aromatic heterocycles. The summed E-state index contributed by atoms with van der Waals surface area (Å²) in [5.41, 5.74) is 3.69. The van der Waals surface area contributed by atoms with Gasteiger partial charge in [0.25, 0.3) is 5.69 Å². The number of fused-ring (bicyclic) bond motifs is 1. The van der Waals surface area contributed by atoms with Gasteiger partial charge in [-0.15, -0.1) is 0 Å². The van der Waals surface area contributed by atoms with Crippen LogP contribution in [0.3, 0.4) is 0 Å². The first-order chi connectivity index (χ1) is 14.0. The lowest BCUT2D eigenvalue weighted by atomic mass is 9.51. The summed E-state index contributed by atoms with van der Waals surface area (Å²) in [6, 6.07) is 3.52. The molecular formula is C22H30N4O4. The number of hydrogen-bond donors (Lipinski definition) is 1. The van der Waals surface area contributed by atoms with Crippen LogP contribution in [0.2, 0.25) is 0 Å². The average Bonchev–Trinajstić information content (AvgIpc) is 2.64. The van der Waals surface area contributed by atoms with Crippen LogP contribution in [0.15, 0.2) is 34.9 Å².